The van der Waals surface area contributed by atoms with Crippen LogP contribution >= 0.6 is 0 Å². The lowest BCUT2D eigenvalue weighted by molar-refractivity contribution is -0.385. The molecule has 1 N–H and O–H groups in total. The van der Waals surface area contributed by atoms with Crippen molar-refractivity contribution in [3.63, 3.8) is 0 Å². The van der Waals surface area contributed by atoms with E-state index in [2.05, 4.69) is 10.4 Å². The van der Waals surface area contributed by atoms with Gasteiger partial charge in [-0.1, -0.05) is 12.1 Å². The molecule has 8 nitrogen and oxygen atoms in total. The van der Waals surface area contributed by atoms with Crippen molar-refractivity contribution < 1.29 is 9.72 Å². The van der Waals surface area contributed by atoms with Gasteiger partial charge in [-0.25, -0.2) is 4.68 Å². The predicted octanol–water partition coefficient (Wildman–Crippen LogP) is 4.19. The molecule has 154 valence electrons. The Morgan fingerprint density at radius 1 is 1.17 bits per heavy atom. The van der Waals surface area contributed by atoms with Crippen molar-refractivity contribution in [1.82, 2.24) is 14.7 Å². The first kappa shape index (κ1) is 19.6. The summed E-state index contributed by atoms with van der Waals surface area (Å²) in [5.41, 5.74) is 2.66. The van der Waals surface area contributed by atoms with E-state index in [9.17, 15) is 14.9 Å². The molecular formula is C22H23N5O3. The van der Waals surface area contributed by atoms with Gasteiger partial charge in [-0.05, 0) is 55.7 Å². The summed E-state index contributed by atoms with van der Waals surface area (Å²) in [4.78, 5) is 25.4. The number of hydrogen-bond donors (Lipinski definition) is 1. The van der Waals surface area contributed by atoms with Gasteiger partial charge in [0, 0.05) is 43.3 Å². The summed E-state index contributed by atoms with van der Waals surface area (Å²) >= 11 is 0. The van der Waals surface area contributed by atoms with E-state index >= 15 is 0 Å². The third-order valence-corrected chi connectivity index (χ3v) is 5.36. The fourth-order valence-corrected chi connectivity index (χ4v) is 3.72. The van der Waals surface area contributed by atoms with Crippen LogP contribution in [0.1, 0.15) is 41.7 Å². The van der Waals surface area contributed by atoms with E-state index in [0.717, 1.165) is 24.1 Å². The van der Waals surface area contributed by atoms with Crippen LogP contribution in [0, 0.1) is 10.1 Å². The lowest BCUT2D eigenvalue weighted by Gasteiger charge is -2.19. The fourth-order valence-electron chi connectivity index (χ4n) is 3.72. The Balaban J connectivity index is 1.54. The number of nitrogens with zero attached hydrogens (tertiary/aromatic N) is 4. The van der Waals surface area contributed by atoms with Crippen LogP contribution in [-0.2, 0) is 0 Å². The molecule has 0 radical (unpaired) electrons. The second-order valence-corrected chi connectivity index (χ2v) is 7.40. The Bertz CT molecular complexity index is 1040. The first-order valence-electron chi connectivity index (χ1n) is 9.97. The van der Waals surface area contributed by atoms with Crippen LogP contribution < -0.4 is 5.32 Å². The summed E-state index contributed by atoms with van der Waals surface area (Å²) < 4.78 is 1.79. The smallest absolute Gasteiger partial charge is 0.282 e. The molecule has 0 aliphatic carbocycles. The number of nitrogens with one attached hydrogen (secondary N) is 1. The Hall–Kier alpha value is -3.68. The first-order chi connectivity index (χ1) is 14.5. The van der Waals surface area contributed by atoms with Crippen LogP contribution in [-0.4, -0.2) is 38.6 Å². The summed E-state index contributed by atoms with van der Waals surface area (Å²) in [5.74, 6) is -0.279. The number of benzene rings is 2. The molecular weight excluding hydrogens is 382 g/mol. The maximum Gasteiger partial charge on any atom is 0.282 e. The van der Waals surface area contributed by atoms with Gasteiger partial charge in [0.25, 0.3) is 11.6 Å². The Morgan fingerprint density at radius 3 is 2.53 bits per heavy atom. The highest BCUT2D eigenvalue weighted by molar-refractivity contribution is 5.99. The molecule has 1 fully saturated rings. The SMILES string of the molecule is CC(Nc1ccc([N+](=O)[O-])c(C(=O)N2CCCC2)c1)c1ccc(-n2cccn2)cc1. The normalized spacial score (nSPS) is 14.5. The number of aromatic nitrogens is 2. The molecule has 0 bridgehead atoms. The van der Waals surface area contributed by atoms with E-state index in [1.54, 1.807) is 27.9 Å². The van der Waals surface area contributed by atoms with Gasteiger partial charge in [0.15, 0.2) is 0 Å². The van der Waals surface area contributed by atoms with Gasteiger partial charge in [-0.15, -0.1) is 0 Å². The minimum absolute atomic E-state index is 0.0483. The predicted molar refractivity (Wildman–Crippen MR) is 114 cm³/mol. The van der Waals surface area contributed by atoms with E-state index in [0.29, 0.717) is 18.8 Å². The zero-order valence-corrected chi connectivity index (χ0v) is 16.7. The maximum absolute atomic E-state index is 12.8. The topological polar surface area (TPSA) is 93.3 Å². The third-order valence-electron chi connectivity index (χ3n) is 5.36. The minimum Gasteiger partial charge on any atom is -0.378 e. The number of carbonyl (C=O) groups is 1. The first-order valence-corrected chi connectivity index (χ1v) is 9.97. The molecule has 1 saturated heterocycles. The number of amides is 1. The van der Waals surface area contributed by atoms with Crippen molar-refractivity contribution in [2.45, 2.75) is 25.8 Å². The third kappa shape index (κ3) is 4.03. The van der Waals surface area contributed by atoms with E-state index in [4.69, 9.17) is 0 Å². The average molecular weight is 405 g/mol. The monoisotopic (exact) mass is 405 g/mol. The van der Waals surface area contributed by atoms with Crippen molar-refractivity contribution in [2.24, 2.45) is 0 Å². The highest BCUT2D eigenvalue weighted by atomic mass is 16.6. The Labute approximate surface area is 174 Å². The molecule has 1 aromatic heterocycles. The molecule has 1 unspecified atom stereocenters. The molecule has 3 aromatic rings. The van der Waals surface area contributed by atoms with E-state index < -0.39 is 4.92 Å². The van der Waals surface area contributed by atoms with E-state index in [1.165, 1.54) is 6.07 Å². The number of anilines is 1. The molecule has 4 rings (SSSR count). The quantitative estimate of drug-likeness (QED) is 0.490. The van der Waals surface area contributed by atoms with Crippen LogP contribution in [0.4, 0.5) is 11.4 Å². The van der Waals surface area contributed by atoms with Gasteiger partial charge < -0.3 is 10.2 Å². The van der Waals surface area contributed by atoms with Crippen molar-refractivity contribution in [3.8, 4) is 5.69 Å². The minimum atomic E-state index is -0.496. The lowest BCUT2D eigenvalue weighted by atomic mass is 10.1. The summed E-state index contributed by atoms with van der Waals surface area (Å²) in [6.45, 7) is 3.30. The second-order valence-electron chi connectivity index (χ2n) is 7.40. The van der Waals surface area contributed by atoms with Crippen molar-refractivity contribution in [1.29, 1.82) is 0 Å². The summed E-state index contributed by atoms with van der Waals surface area (Å²) in [7, 11) is 0. The molecule has 0 spiro atoms. The number of carbonyl (C=O) groups excluding carboxylic acids is 1. The van der Waals surface area contributed by atoms with E-state index in [1.807, 2.05) is 43.5 Å². The summed E-state index contributed by atoms with van der Waals surface area (Å²) in [6, 6.07) is 14.4. The number of rotatable bonds is 6. The standard InChI is InChI=1S/C22H23N5O3/c1-16(17-5-8-19(9-6-17)26-14-4-11-23-26)24-18-7-10-21(27(29)30)20(15-18)22(28)25-12-2-3-13-25/h4-11,14-16,24H,2-3,12-13H2,1H3. The molecule has 0 saturated carbocycles. The molecule has 1 aliphatic rings. The molecule has 8 heteroatoms. The Kier molecular flexibility index (Phi) is 5.47. The molecule has 1 amide bonds. The van der Waals surface area contributed by atoms with Crippen LogP contribution in [0.5, 0.6) is 0 Å². The fraction of sp³-hybridized carbons (Fsp3) is 0.273. The average Bonchev–Trinajstić information content (AvgIpc) is 3.47. The zero-order chi connectivity index (χ0) is 21.1. The summed E-state index contributed by atoms with van der Waals surface area (Å²) in [6.07, 6.45) is 5.48. The van der Waals surface area contributed by atoms with Gasteiger partial charge in [0.2, 0.25) is 0 Å². The van der Waals surface area contributed by atoms with Crippen molar-refractivity contribution >= 4 is 17.3 Å². The molecule has 2 heterocycles. The van der Waals surface area contributed by atoms with Gasteiger partial charge in [-0.2, -0.15) is 5.10 Å². The molecule has 1 aliphatic heterocycles. The number of nitro benzene ring substituents is 1. The van der Waals surface area contributed by atoms with Gasteiger partial charge in [0.1, 0.15) is 5.56 Å². The Morgan fingerprint density at radius 2 is 1.90 bits per heavy atom. The highest BCUT2D eigenvalue weighted by Crippen LogP contribution is 2.28. The summed E-state index contributed by atoms with van der Waals surface area (Å²) in [5, 5.41) is 19.0. The van der Waals surface area contributed by atoms with Gasteiger partial charge in [-0.3, -0.25) is 14.9 Å². The molecule has 2 aromatic carbocycles. The number of hydrogen-bond acceptors (Lipinski definition) is 5. The highest BCUT2D eigenvalue weighted by Gasteiger charge is 2.27. The van der Waals surface area contributed by atoms with Crippen LogP contribution in [0.25, 0.3) is 5.69 Å². The van der Waals surface area contributed by atoms with Crippen LogP contribution in [0.15, 0.2) is 60.9 Å². The van der Waals surface area contributed by atoms with Gasteiger partial charge >= 0.3 is 0 Å². The number of nitro groups is 1. The zero-order valence-electron chi connectivity index (χ0n) is 16.7. The molecule has 30 heavy (non-hydrogen) atoms. The van der Waals surface area contributed by atoms with Crippen LogP contribution in [0.3, 0.4) is 0 Å². The van der Waals surface area contributed by atoms with Gasteiger partial charge in [0.05, 0.1) is 10.6 Å². The van der Waals surface area contributed by atoms with E-state index in [-0.39, 0.29) is 23.2 Å². The van der Waals surface area contributed by atoms with Crippen LogP contribution in [0.2, 0.25) is 0 Å². The van der Waals surface area contributed by atoms with Crippen molar-refractivity contribution in [2.75, 3.05) is 18.4 Å². The maximum atomic E-state index is 12.8. The number of likely N-dealkylation sites (tertiary alicyclic amines) is 1. The molecule has 1 atom stereocenters. The lowest BCUT2D eigenvalue weighted by Crippen LogP contribution is -2.28. The van der Waals surface area contributed by atoms with Crippen molar-refractivity contribution in [3.05, 3.63) is 82.2 Å². The second kappa shape index (κ2) is 8.36. The largest absolute Gasteiger partial charge is 0.378 e.